The Labute approximate surface area is 153 Å². The van der Waals surface area contributed by atoms with Crippen molar-refractivity contribution in [1.29, 1.82) is 0 Å². The highest BCUT2D eigenvalue weighted by atomic mass is 19.4. The maximum atomic E-state index is 13.3. The molecule has 2 aromatic rings. The summed E-state index contributed by atoms with van der Waals surface area (Å²) >= 11 is 0. The summed E-state index contributed by atoms with van der Waals surface area (Å²) < 4.78 is 79.5. The molecular weight excluding hydrogens is 366 g/mol. The Balaban J connectivity index is 2.32. The van der Waals surface area contributed by atoms with Crippen LogP contribution < -0.4 is 0 Å². The molecule has 0 nitrogen and oxygen atoms in total. The fourth-order valence-corrected chi connectivity index (χ4v) is 3.54. The lowest BCUT2D eigenvalue weighted by atomic mass is 9.88. The second kappa shape index (κ2) is 6.73. The molecule has 0 spiro atoms. The maximum Gasteiger partial charge on any atom is 0.416 e. The second-order valence-electron chi connectivity index (χ2n) is 6.88. The highest BCUT2D eigenvalue weighted by molar-refractivity contribution is 5.83. The number of fused-ring (bicyclic) bond motifs is 1. The quantitative estimate of drug-likeness (QED) is 0.487. The van der Waals surface area contributed by atoms with E-state index >= 15 is 0 Å². The molecule has 1 aliphatic rings. The van der Waals surface area contributed by atoms with E-state index in [9.17, 15) is 26.3 Å². The van der Waals surface area contributed by atoms with Crippen LogP contribution in [0.1, 0.15) is 48.1 Å². The number of aryl methyl sites for hydroxylation is 1. The molecule has 2 aromatic carbocycles. The van der Waals surface area contributed by atoms with Gasteiger partial charge in [-0.2, -0.15) is 26.3 Å². The Morgan fingerprint density at radius 1 is 0.889 bits per heavy atom. The monoisotopic (exact) mass is 384 g/mol. The summed E-state index contributed by atoms with van der Waals surface area (Å²) in [6, 6.07) is 5.55. The van der Waals surface area contributed by atoms with Gasteiger partial charge in [-0.05, 0) is 65.8 Å². The lowest BCUT2D eigenvalue weighted by molar-refractivity contribution is -0.143. The summed E-state index contributed by atoms with van der Waals surface area (Å²) in [6.07, 6.45) is -5.89. The van der Waals surface area contributed by atoms with Gasteiger partial charge in [0, 0.05) is 0 Å². The highest BCUT2D eigenvalue weighted by Gasteiger charge is 2.37. The molecule has 0 radical (unpaired) electrons. The summed E-state index contributed by atoms with van der Waals surface area (Å²) in [6.45, 7) is 3.82. The van der Waals surface area contributed by atoms with Gasteiger partial charge in [-0.1, -0.05) is 37.1 Å². The van der Waals surface area contributed by atoms with E-state index in [4.69, 9.17) is 0 Å². The van der Waals surface area contributed by atoms with Crippen LogP contribution in [0.3, 0.4) is 0 Å². The minimum Gasteiger partial charge on any atom is -0.166 e. The molecule has 0 unspecified atom stereocenters. The topological polar surface area (TPSA) is 0 Å². The van der Waals surface area contributed by atoms with Crippen LogP contribution in [-0.4, -0.2) is 0 Å². The first-order valence-corrected chi connectivity index (χ1v) is 8.62. The van der Waals surface area contributed by atoms with Crippen LogP contribution in [0.4, 0.5) is 26.3 Å². The Kier molecular flexibility index (Phi) is 4.87. The van der Waals surface area contributed by atoms with Crippen molar-refractivity contribution >= 4 is 6.08 Å². The van der Waals surface area contributed by atoms with Gasteiger partial charge in [-0.15, -0.1) is 0 Å². The number of hydrogen-bond donors (Lipinski definition) is 0. The number of alkyl halides is 6. The van der Waals surface area contributed by atoms with E-state index < -0.39 is 23.5 Å². The molecule has 0 heterocycles. The van der Waals surface area contributed by atoms with Crippen molar-refractivity contribution < 1.29 is 26.3 Å². The average molecular weight is 384 g/mol. The summed E-state index contributed by atoms with van der Waals surface area (Å²) in [5, 5.41) is 0. The number of rotatable bonds is 3. The van der Waals surface area contributed by atoms with Crippen molar-refractivity contribution in [2.45, 2.75) is 45.5 Å². The molecule has 144 valence electrons. The summed E-state index contributed by atoms with van der Waals surface area (Å²) in [5.41, 5.74) is 1.31. The standard InChI is InChI=1S/C21H18F6/c1-3-4-13-5-6-14-7-12(2)8-18(14)19(13)15-9-16(20(22,23)24)11-17(10-15)21(25,26)27/h5-6,8-11H,3-4,7H2,1-2H3. The largest absolute Gasteiger partial charge is 0.416 e. The third-order valence-corrected chi connectivity index (χ3v) is 4.68. The van der Waals surface area contributed by atoms with Gasteiger partial charge in [-0.25, -0.2) is 0 Å². The molecule has 0 bridgehead atoms. The van der Waals surface area contributed by atoms with Crippen LogP contribution in [0.15, 0.2) is 35.9 Å². The van der Waals surface area contributed by atoms with E-state index in [1.54, 1.807) is 0 Å². The predicted molar refractivity (Wildman–Crippen MR) is 93.2 cm³/mol. The van der Waals surface area contributed by atoms with Gasteiger partial charge in [0.2, 0.25) is 0 Å². The number of allylic oxidation sites excluding steroid dienone is 1. The third-order valence-electron chi connectivity index (χ3n) is 4.68. The van der Waals surface area contributed by atoms with Crippen LogP contribution in [0.5, 0.6) is 0 Å². The third kappa shape index (κ3) is 3.89. The van der Waals surface area contributed by atoms with Crippen molar-refractivity contribution in [1.82, 2.24) is 0 Å². The first-order chi connectivity index (χ1) is 12.5. The Morgan fingerprint density at radius 3 is 2.00 bits per heavy atom. The van der Waals surface area contributed by atoms with Gasteiger partial charge < -0.3 is 0 Å². The average Bonchev–Trinajstić information content (AvgIpc) is 2.93. The smallest absolute Gasteiger partial charge is 0.166 e. The van der Waals surface area contributed by atoms with E-state index in [0.717, 1.165) is 40.8 Å². The molecule has 0 saturated carbocycles. The summed E-state index contributed by atoms with van der Waals surface area (Å²) in [4.78, 5) is 0. The van der Waals surface area contributed by atoms with Crippen LogP contribution in [0.25, 0.3) is 17.2 Å². The lowest BCUT2D eigenvalue weighted by Gasteiger charge is -2.18. The molecule has 0 N–H and O–H groups in total. The Bertz CT molecular complexity index is 868. The molecule has 0 aliphatic heterocycles. The molecule has 0 aromatic heterocycles. The minimum absolute atomic E-state index is 0.0385. The Morgan fingerprint density at radius 2 is 1.48 bits per heavy atom. The van der Waals surface area contributed by atoms with E-state index in [1.165, 1.54) is 0 Å². The maximum absolute atomic E-state index is 13.3. The second-order valence-corrected chi connectivity index (χ2v) is 6.88. The zero-order valence-electron chi connectivity index (χ0n) is 14.9. The fourth-order valence-electron chi connectivity index (χ4n) is 3.54. The van der Waals surface area contributed by atoms with Gasteiger partial charge in [0.15, 0.2) is 0 Å². The highest BCUT2D eigenvalue weighted by Crippen LogP contribution is 2.42. The van der Waals surface area contributed by atoms with Crippen molar-refractivity contribution in [3.63, 3.8) is 0 Å². The molecule has 0 fully saturated rings. The molecular formula is C21H18F6. The van der Waals surface area contributed by atoms with Crippen molar-refractivity contribution in [3.8, 4) is 11.1 Å². The van der Waals surface area contributed by atoms with Gasteiger partial charge >= 0.3 is 12.4 Å². The van der Waals surface area contributed by atoms with Crippen molar-refractivity contribution in [2.24, 2.45) is 0 Å². The molecule has 0 saturated heterocycles. The first-order valence-electron chi connectivity index (χ1n) is 8.62. The van der Waals surface area contributed by atoms with Crippen LogP contribution in [0, 0.1) is 0 Å². The van der Waals surface area contributed by atoms with Crippen LogP contribution in [-0.2, 0) is 25.2 Å². The number of benzene rings is 2. The molecule has 27 heavy (non-hydrogen) atoms. The fraction of sp³-hybridized carbons (Fsp3) is 0.333. The van der Waals surface area contributed by atoms with E-state index in [2.05, 4.69) is 0 Å². The van der Waals surface area contributed by atoms with E-state index in [-0.39, 0.29) is 11.6 Å². The zero-order valence-corrected chi connectivity index (χ0v) is 14.9. The van der Waals surface area contributed by atoms with Gasteiger partial charge in [0.25, 0.3) is 0 Å². The molecule has 6 heteroatoms. The first kappa shape index (κ1) is 19.5. The lowest BCUT2D eigenvalue weighted by Crippen LogP contribution is -2.11. The van der Waals surface area contributed by atoms with Crippen LogP contribution >= 0.6 is 0 Å². The summed E-state index contributed by atoms with van der Waals surface area (Å²) in [5.74, 6) is 0. The normalized spacial score (nSPS) is 14.3. The van der Waals surface area contributed by atoms with Gasteiger partial charge in [0.05, 0.1) is 11.1 Å². The van der Waals surface area contributed by atoms with E-state index in [1.807, 2.05) is 32.1 Å². The SMILES string of the molecule is CCCc1ccc2c(c1-c1cc(C(F)(F)F)cc(C(F)(F)F)c1)C=C(C)C2. The zero-order chi connectivity index (χ0) is 20.0. The predicted octanol–water partition coefficient (Wildman–Crippen LogP) is 7.30. The van der Waals surface area contributed by atoms with Crippen molar-refractivity contribution in [3.05, 3.63) is 63.7 Å². The van der Waals surface area contributed by atoms with Crippen LogP contribution in [0.2, 0.25) is 0 Å². The molecule has 0 atom stereocenters. The minimum atomic E-state index is -4.86. The summed E-state index contributed by atoms with van der Waals surface area (Å²) in [7, 11) is 0. The number of hydrogen-bond acceptors (Lipinski definition) is 0. The Hall–Kier alpha value is -2.24. The molecule has 1 aliphatic carbocycles. The van der Waals surface area contributed by atoms with Gasteiger partial charge in [0.1, 0.15) is 0 Å². The van der Waals surface area contributed by atoms with E-state index in [0.29, 0.717) is 18.4 Å². The van der Waals surface area contributed by atoms with Crippen molar-refractivity contribution in [2.75, 3.05) is 0 Å². The number of halogens is 6. The molecule has 3 rings (SSSR count). The molecule has 0 amide bonds. The van der Waals surface area contributed by atoms with Gasteiger partial charge in [-0.3, -0.25) is 0 Å².